The molecule has 1 heterocycles. The second-order valence-corrected chi connectivity index (χ2v) is 6.67. The topological polar surface area (TPSA) is 72.1 Å². The molecule has 0 atom stereocenters. The van der Waals surface area contributed by atoms with Crippen molar-refractivity contribution in [1.82, 2.24) is 4.90 Å². The minimum atomic E-state index is -0.418. The monoisotopic (exact) mass is 383 g/mol. The van der Waals surface area contributed by atoms with Gasteiger partial charge in [-0.25, -0.2) is 4.79 Å². The second kappa shape index (κ2) is 8.35. The summed E-state index contributed by atoms with van der Waals surface area (Å²) >= 11 is 0. The Hall–Kier alpha value is -2.99. The molecule has 0 saturated heterocycles. The lowest BCUT2D eigenvalue weighted by Crippen LogP contribution is -2.23. The lowest BCUT2D eigenvalue weighted by molar-refractivity contribution is 0.271. The molecular weight excluding hydrogens is 358 g/mol. The maximum absolute atomic E-state index is 12.1. The molecule has 1 aromatic heterocycles. The van der Waals surface area contributed by atoms with E-state index in [9.17, 15) is 9.90 Å². The van der Waals surface area contributed by atoms with E-state index in [1.165, 1.54) is 6.07 Å². The standard InChI is InChI=1S/C22H25NO5/c1-5-23(12-15-6-9-19(26-3)20(10-15)27-4)13-16-11-21(25)28-22-14(2)18(24)8-7-17(16)22/h6-11,24H,5,12-13H2,1-4H3. The van der Waals surface area contributed by atoms with Gasteiger partial charge in [0.1, 0.15) is 11.3 Å². The molecule has 2 aromatic carbocycles. The number of methoxy groups -OCH3 is 2. The molecule has 0 spiro atoms. The highest BCUT2D eigenvalue weighted by atomic mass is 16.5. The van der Waals surface area contributed by atoms with Crippen LogP contribution in [0.3, 0.4) is 0 Å². The van der Waals surface area contributed by atoms with E-state index in [1.54, 1.807) is 33.3 Å². The molecule has 0 unspecified atom stereocenters. The van der Waals surface area contributed by atoms with Gasteiger partial charge >= 0.3 is 5.63 Å². The number of benzene rings is 2. The fraction of sp³-hybridized carbons (Fsp3) is 0.318. The minimum absolute atomic E-state index is 0.116. The van der Waals surface area contributed by atoms with Gasteiger partial charge in [-0.05, 0) is 48.9 Å². The van der Waals surface area contributed by atoms with Crippen LogP contribution in [-0.4, -0.2) is 30.8 Å². The molecule has 0 amide bonds. The van der Waals surface area contributed by atoms with E-state index in [0.717, 1.165) is 23.1 Å². The van der Waals surface area contributed by atoms with E-state index >= 15 is 0 Å². The first-order valence-electron chi connectivity index (χ1n) is 9.15. The summed E-state index contributed by atoms with van der Waals surface area (Å²) in [7, 11) is 3.23. The van der Waals surface area contributed by atoms with Crippen molar-refractivity contribution in [3.63, 3.8) is 0 Å². The maximum atomic E-state index is 12.1. The number of fused-ring (bicyclic) bond motifs is 1. The molecule has 0 radical (unpaired) electrons. The summed E-state index contributed by atoms with van der Waals surface area (Å²) in [5, 5.41) is 10.8. The van der Waals surface area contributed by atoms with Crippen molar-refractivity contribution in [1.29, 1.82) is 0 Å². The normalized spacial score (nSPS) is 11.2. The summed E-state index contributed by atoms with van der Waals surface area (Å²) in [6, 6.07) is 10.8. The van der Waals surface area contributed by atoms with Crippen molar-refractivity contribution in [2.45, 2.75) is 26.9 Å². The van der Waals surface area contributed by atoms with Gasteiger partial charge in [-0.3, -0.25) is 4.90 Å². The Kier molecular flexibility index (Phi) is 5.90. The number of hydrogen-bond donors (Lipinski definition) is 1. The van der Waals surface area contributed by atoms with Gasteiger partial charge in [0, 0.05) is 30.1 Å². The van der Waals surface area contributed by atoms with E-state index in [0.29, 0.717) is 35.7 Å². The van der Waals surface area contributed by atoms with E-state index in [2.05, 4.69) is 11.8 Å². The van der Waals surface area contributed by atoms with Crippen molar-refractivity contribution >= 4 is 11.0 Å². The Balaban J connectivity index is 1.91. The maximum Gasteiger partial charge on any atom is 0.336 e. The van der Waals surface area contributed by atoms with Crippen LogP contribution in [0.2, 0.25) is 0 Å². The van der Waals surface area contributed by atoms with Crippen LogP contribution >= 0.6 is 0 Å². The van der Waals surface area contributed by atoms with Crippen LogP contribution in [0.4, 0.5) is 0 Å². The fourth-order valence-electron chi connectivity index (χ4n) is 3.30. The number of ether oxygens (including phenoxy) is 2. The summed E-state index contributed by atoms with van der Waals surface area (Å²) < 4.78 is 16.0. The van der Waals surface area contributed by atoms with Crippen LogP contribution in [0.1, 0.15) is 23.6 Å². The van der Waals surface area contributed by atoms with E-state index in [1.807, 2.05) is 18.2 Å². The van der Waals surface area contributed by atoms with Crippen molar-refractivity contribution < 1.29 is 19.0 Å². The average Bonchev–Trinajstić information content (AvgIpc) is 2.70. The highest BCUT2D eigenvalue weighted by Gasteiger charge is 2.14. The summed E-state index contributed by atoms with van der Waals surface area (Å²) in [5.74, 6) is 1.50. The number of rotatable bonds is 7. The Morgan fingerprint density at radius 3 is 2.46 bits per heavy atom. The number of aryl methyl sites for hydroxylation is 1. The molecule has 6 heteroatoms. The number of phenols is 1. The van der Waals surface area contributed by atoms with Gasteiger partial charge in [-0.15, -0.1) is 0 Å². The third-order valence-electron chi connectivity index (χ3n) is 4.91. The molecule has 0 aliphatic rings. The van der Waals surface area contributed by atoms with E-state index in [-0.39, 0.29) is 5.75 Å². The Morgan fingerprint density at radius 1 is 1.04 bits per heavy atom. The lowest BCUT2D eigenvalue weighted by Gasteiger charge is -2.22. The van der Waals surface area contributed by atoms with Gasteiger partial charge in [0.2, 0.25) is 0 Å². The molecule has 3 aromatic rings. The van der Waals surface area contributed by atoms with Crippen LogP contribution in [0, 0.1) is 6.92 Å². The summed E-state index contributed by atoms with van der Waals surface area (Å²) in [4.78, 5) is 14.3. The van der Waals surface area contributed by atoms with Crippen LogP contribution in [0.25, 0.3) is 11.0 Å². The van der Waals surface area contributed by atoms with Crippen LogP contribution in [-0.2, 0) is 13.1 Å². The summed E-state index contributed by atoms with van der Waals surface area (Å²) in [5.41, 5.74) is 2.54. The van der Waals surface area contributed by atoms with E-state index in [4.69, 9.17) is 13.9 Å². The third-order valence-corrected chi connectivity index (χ3v) is 4.91. The number of nitrogens with zero attached hydrogens (tertiary/aromatic N) is 1. The molecule has 3 rings (SSSR count). The van der Waals surface area contributed by atoms with Crippen LogP contribution in [0.15, 0.2) is 45.6 Å². The molecule has 0 aliphatic heterocycles. The predicted octanol–water partition coefficient (Wildman–Crippen LogP) is 3.85. The first-order valence-corrected chi connectivity index (χ1v) is 9.15. The molecule has 148 valence electrons. The zero-order valence-corrected chi connectivity index (χ0v) is 16.6. The zero-order valence-electron chi connectivity index (χ0n) is 16.6. The molecule has 1 N–H and O–H groups in total. The number of phenolic OH excluding ortho intramolecular Hbond substituents is 1. The van der Waals surface area contributed by atoms with Crippen molar-refractivity contribution in [2.24, 2.45) is 0 Å². The van der Waals surface area contributed by atoms with Gasteiger partial charge in [0.25, 0.3) is 0 Å². The van der Waals surface area contributed by atoms with Crippen molar-refractivity contribution in [2.75, 3.05) is 20.8 Å². The number of hydrogen-bond acceptors (Lipinski definition) is 6. The van der Waals surface area contributed by atoms with Crippen LogP contribution in [0.5, 0.6) is 17.2 Å². The zero-order chi connectivity index (χ0) is 20.3. The SMILES string of the molecule is CCN(Cc1ccc(OC)c(OC)c1)Cc1cc(=O)oc2c(C)c(O)ccc12. The van der Waals surface area contributed by atoms with Gasteiger partial charge in [0.05, 0.1) is 14.2 Å². The molecule has 0 bridgehead atoms. The van der Waals surface area contributed by atoms with E-state index < -0.39 is 5.63 Å². The van der Waals surface area contributed by atoms with Crippen molar-refractivity contribution in [3.05, 3.63) is 63.5 Å². The third kappa shape index (κ3) is 3.97. The molecule has 0 saturated carbocycles. The van der Waals surface area contributed by atoms with Gasteiger partial charge in [0.15, 0.2) is 11.5 Å². The van der Waals surface area contributed by atoms with Gasteiger partial charge in [-0.1, -0.05) is 13.0 Å². The highest BCUT2D eigenvalue weighted by Crippen LogP contribution is 2.30. The first-order chi connectivity index (χ1) is 13.5. The average molecular weight is 383 g/mol. The minimum Gasteiger partial charge on any atom is -0.508 e. The largest absolute Gasteiger partial charge is 0.508 e. The quantitative estimate of drug-likeness (QED) is 0.625. The highest BCUT2D eigenvalue weighted by molar-refractivity contribution is 5.84. The Bertz CT molecular complexity index is 1040. The smallest absolute Gasteiger partial charge is 0.336 e. The molecule has 6 nitrogen and oxygen atoms in total. The molecular formula is C22H25NO5. The van der Waals surface area contributed by atoms with Gasteiger partial charge in [-0.2, -0.15) is 0 Å². The molecule has 28 heavy (non-hydrogen) atoms. The molecule has 0 aliphatic carbocycles. The second-order valence-electron chi connectivity index (χ2n) is 6.67. The summed E-state index contributed by atoms with van der Waals surface area (Å²) in [6.45, 7) is 5.89. The molecule has 0 fully saturated rings. The lowest BCUT2D eigenvalue weighted by atomic mass is 10.1. The Morgan fingerprint density at radius 2 is 1.79 bits per heavy atom. The van der Waals surface area contributed by atoms with Crippen LogP contribution < -0.4 is 15.1 Å². The number of aromatic hydroxyl groups is 1. The summed E-state index contributed by atoms with van der Waals surface area (Å²) in [6.07, 6.45) is 0. The fourth-order valence-corrected chi connectivity index (χ4v) is 3.30. The van der Waals surface area contributed by atoms with Gasteiger partial charge < -0.3 is 19.0 Å². The Labute approximate surface area is 163 Å². The van der Waals surface area contributed by atoms with Crippen molar-refractivity contribution in [3.8, 4) is 17.2 Å². The first kappa shape index (κ1) is 19.8. The predicted molar refractivity (Wildman–Crippen MR) is 108 cm³/mol.